The van der Waals surface area contributed by atoms with Crippen LogP contribution in [0.5, 0.6) is 0 Å². The van der Waals surface area contributed by atoms with Crippen LogP contribution in [0, 0.1) is 11.7 Å². The van der Waals surface area contributed by atoms with E-state index in [-0.39, 0.29) is 17.6 Å². The molecule has 0 aliphatic heterocycles. The molecule has 2 N–H and O–H groups in total. The molecule has 1 rings (SSSR count). The number of benzene rings is 1. The highest BCUT2D eigenvalue weighted by molar-refractivity contribution is 5.81. The largest absolute Gasteiger partial charge is 0.344 e. The van der Waals surface area contributed by atoms with Gasteiger partial charge in [0.2, 0.25) is 5.91 Å². The summed E-state index contributed by atoms with van der Waals surface area (Å²) in [7, 11) is 1.74. The number of halogens is 1. The summed E-state index contributed by atoms with van der Waals surface area (Å²) in [5.74, 6) is -0.164. The average molecular weight is 252 g/mol. The monoisotopic (exact) mass is 252 g/mol. The summed E-state index contributed by atoms with van der Waals surface area (Å²) in [6, 6.07) is 5.86. The van der Waals surface area contributed by atoms with Gasteiger partial charge in [0, 0.05) is 13.6 Å². The van der Waals surface area contributed by atoms with E-state index in [4.69, 9.17) is 5.73 Å². The van der Waals surface area contributed by atoms with Crippen LogP contribution in [0.15, 0.2) is 24.3 Å². The highest BCUT2D eigenvalue weighted by atomic mass is 19.1. The molecule has 4 heteroatoms. The van der Waals surface area contributed by atoms with Gasteiger partial charge in [0.15, 0.2) is 0 Å². The van der Waals surface area contributed by atoms with Crippen LogP contribution in [0.1, 0.15) is 19.4 Å². The van der Waals surface area contributed by atoms with Crippen molar-refractivity contribution < 1.29 is 9.18 Å². The lowest BCUT2D eigenvalue weighted by molar-refractivity contribution is -0.132. The molecule has 3 nitrogen and oxygen atoms in total. The maximum Gasteiger partial charge on any atom is 0.239 e. The fourth-order valence-electron chi connectivity index (χ4n) is 1.60. The Labute approximate surface area is 108 Å². The molecule has 0 heterocycles. The molecule has 18 heavy (non-hydrogen) atoms. The molecule has 0 aliphatic carbocycles. The molecule has 0 fully saturated rings. The van der Waals surface area contributed by atoms with Crippen LogP contribution in [-0.4, -0.2) is 30.4 Å². The normalized spacial score (nSPS) is 12.6. The zero-order chi connectivity index (χ0) is 13.7. The van der Waals surface area contributed by atoms with Gasteiger partial charge in [-0.05, 0) is 30.0 Å². The van der Waals surface area contributed by atoms with E-state index >= 15 is 0 Å². The second-order valence-electron chi connectivity index (χ2n) is 4.91. The highest BCUT2D eigenvalue weighted by Gasteiger charge is 2.20. The Morgan fingerprint density at radius 1 is 1.33 bits per heavy atom. The molecule has 100 valence electrons. The Bertz CT molecular complexity index is 389. The Kier molecular flexibility index (Phi) is 5.28. The number of carbonyl (C=O) groups excluding carboxylic acids is 1. The molecular formula is C14H21FN2O. The van der Waals surface area contributed by atoms with Gasteiger partial charge in [-0.2, -0.15) is 0 Å². The van der Waals surface area contributed by atoms with Crippen molar-refractivity contribution in [1.29, 1.82) is 0 Å². The van der Waals surface area contributed by atoms with Crippen LogP contribution in [0.2, 0.25) is 0 Å². The predicted octanol–water partition coefficient (Wildman–Crippen LogP) is 1.81. The minimum Gasteiger partial charge on any atom is -0.344 e. The van der Waals surface area contributed by atoms with Crippen molar-refractivity contribution in [3.8, 4) is 0 Å². The van der Waals surface area contributed by atoms with Gasteiger partial charge in [-0.25, -0.2) is 4.39 Å². The smallest absolute Gasteiger partial charge is 0.239 e. The Morgan fingerprint density at radius 2 is 1.89 bits per heavy atom. The lowest BCUT2D eigenvalue weighted by Gasteiger charge is -2.23. The summed E-state index contributed by atoms with van der Waals surface area (Å²) in [5.41, 5.74) is 6.82. The molecule has 0 radical (unpaired) electrons. The zero-order valence-corrected chi connectivity index (χ0v) is 11.2. The van der Waals surface area contributed by atoms with Gasteiger partial charge in [0.05, 0.1) is 6.04 Å². The number of hydrogen-bond donors (Lipinski definition) is 1. The quantitative estimate of drug-likeness (QED) is 0.868. The minimum atomic E-state index is -0.455. The van der Waals surface area contributed by atoms with Crippen LogP contribution in [-0.2, 0) is 11.2 Å². The number of nitrogens with zero attached hydrogens (tertiary/aromatic N) is 1. The number of carbonyl (C=O) groups is 1. The third kappa shape index (κ3) is 4.11. The first-order valence-electron chi connectivity index (χ1n) is 6.17. The van der Waals surface area contributed by atoms with E-state index in [0.717, 1.165) is 5.56 Å². The van der Waals surface area contributed by atoms with Gasteiger partial charge in [0.1, 0.15) is 5.82 Å². The molecule has 0 bridgehead atoms. The van der Waals surface area contributed by atoms with E-state index in [1.165, 1.54) is 12.1 Å². The van der Waals surface area contributed by atoms with Gasteiger partial charge in [-0.15, -0.1) is 0 Å². The number of nitrogens with two attached hydrogens (primary N) is 1. The predicted molar refractivity (Wildman–Crippen MR) is 70.6 cm³/mol. The third-order valence-electron chi connectivity index (χ3n) is 3.03. The summed E-state index contributed by atoms with van der Waals surface area (Å²) in [4.78, 5) is 13.5. The van der Waals surface area contributed by atoms with Crippen molar-refractivity contribution >= 4 is 5.91 Å². The first kappa shape index (κ1) is 14.6. The SMILES string of the molecule is CC(C)C(N)C(=O)N(C)CCc1ccc(F)cc1. The highest BCUT2D eigenvalue weighted by Crippen LogP contribution is 2.06. The molecule has 0 saturated heterocycles. The summed E-state index contributed by atoms with van der Waals surface area (Å²) >= 11 is 0. The third-order valence-corrected chi connectivity index (χ3v) is 3.03. The lowest BCUT2D eigenvalue weighted by Crippen LogP contribution is -2.45. The second kappa shape index (κ2) is 6.50. The van der Waals surface area contributed by atoms with Crippen molar-refractivity contribution in [1.82, 2.24) is 4.90 Å². The Morgan fingerprint density at radius 3 is 2.39 bits per heavy atom. The molecule has 0 aromatic heterocycles. The van der Waals surface area contributed by atoms with Gasteiger partial charge in [0.25, 0.3) is 0 Å². The molecule has 0 aliphatic rings. The maximum atomic E-state index is 12.7. The fourth-order valence-corrected chi connectivity index (χ4v) is 1.60. The first-order chi connectivity index (χ1) is 8.41. The summed E-state index contributed by atoms with van der Waals surface area (Å²) in [6.45, 7) is 4.44. The van der Waals surface area contributed by atoms with Crippen molar-refractivity contribution in [3.05, 3.63) is 35.6 Å². The van der Waals surface area contributed by atoms with E-state index < -0.39 is 6.04 Å². The van der Waals surface area contributed by atoms with Crippen LogP contribution in [0.3, 0.4) is 0 Å². The molecule has 1 aromatic carbocycles. The standard InChI is InChI=1S/C14H21FN2O/c1-10(2)13(16)14(18)17(3)9-8-11-4-6-12(15)7-5-11/h4-7,10,13H,8-9,16H2,1-3H3. The van der Waals surface area contributed by atoms with Crippen LogP contribution >= 0.6 is 0 Å². The molecule has 1 unspecified atom stereocenters. The summed E-state index contributed by atoms with van der Waals surface area (Å²) in [5, 5.41) is 0. The topological polar surface area (TPSA) is 46.3 Å². The Hall–Kier alpha value is -1.42. The molecule has 1 atom stereocenters. The van der Waals surface area contributed by atoms with Gasteiger partial charge < -0.3 is 10.6 Å². The van der Waals surface area contributed by atoms with E-state index in [1.807, 2.05) is 13.8 Å². The van der Waals surface area contributed by atoms with Gasteiger partial charge in [-0.3, -0.25) is 4.79 Å². The second-order valence-corrected chi connectivity index (χ2v) is 4.91. The van der Waals surface area contributed by atoms with Crippen LogP contribution in [0.4, 0.5) is 4.39 Å². The molecule has 1 amide bonds. The number of hydrogen-bond acceptors (Lipinski definition) is 2. The van der Waals surface area contributed by atoms with Crippen molar-refractivity contribution in [3.63, 3.8) is 0 Å². The van der Waals surface area contributed by atoms with Gasteiger partial charge in [-0.1, -0.05) is 26.0 Å². The van der Waals surface area contributed by atoms with Crippen molar-refractivity contribution in [2.75, 3.05) is 13.6 Å². The maximum absolute atomic E-state index is 12.7. The van der Waals surface area contributed by atoms with Crippen LogP contribution in [0.25, 0.3) is 0 Å². The van der Waals surface area contributed by atoms with E-state index in [1.54, 1.807) is 24.1 Å². The minimum absolute atomic E-state index is 0.0490. The fraction of sp³-hybridized carbons (Fsp3) is 0.500. The summed E-state index contributed by atoms with van der Waals surface area (Å²) in [6.07, 6.45) is 0.702. The molecule has 0 spiro atoms. The molecule has 1 aromatic rings. The van der Waals surface area contributed by atoms with E-state index in [9.17, 15) is 9.18 Å². The number of amides is 1. The van der Waals surface area contributed by atoms with Crippen molar-refractivity contribution in [2.24, 2.45) is 11.7 Å². The molecular weight excluding hydrogens is 231 g/mol. The number of likely N-dealkylation sites (N-methyl/N-ethyl adjacent to an activating group) is 1. The number of rotatable bonds is 5. The molecule has 0 saturated carbocycles. The lowest BCUT2D eigenvalue weighted by atomic mass is 10.0. The average Bonchev–Trinajstić information content (AvgIpc) is 2.35. The Balaban J connectivity index is 2.48. The first-order valence-corrected chi connectivity index (χ1v) is 6.17. The van der Waals surface area contributed by atoms with E-state index in [2.05, 4.69) is 0 Å². The van der Waals surface area contributed by atoms with Crippen molar-refractivity contribution in [2.45, 2.75) is 26.3 Å². The summed E-state index contributed by atoms with van der Waals surface area (Å²) < 4.78 is 12.7. The van der Waals surface area contributed by atoms with Gasteiger partial charge >= 0.3 is 0 Å². The van der Waals surface area contributed by atoms with E-state index in [0.29, 0.717) is 13.0 Å². The zero-order valence-electron chi connectivity index (χ0n) is 11.2. The van der Waals surface area contributed by atoms with Crippen LogP contribution < -0.4 is 5.73 Å².